The Bertz CT molecular complexity index is 312. The Morgan fingerprint density at radius 3 is 3.00 bits per heavy atom. The Kier molecular flexibility index (Phi) is 4.54. The molecule has 1 atom stereocenters. The van der Waals surface area contributed by atoms with E-state index in [0.717, 1.165) is 11.4 Å². The number of amides is 1. The fourth-order valence-electron chi connectivity index (χ4n) is 0.897. The number of carbonyl (C=O) groups excluding carboxylic acids is 1. The van der Waals surface area contributed by atoms with Gasteiger partial charge in [0.15, 0.2) is 0 Å². The predicted molar refractivity (Wildman–Crippen MR) is 61.7 cm³/mol. The molecule has 1 aromatic rings. The Labute approximate surface area is 96.1 Å². The monoisotopic (exact) mass is 276 g/mol. The van der Waals surface area contributed by atoms with E-state index in [1.54, 1.807) is 18.3 Å². The van der Waals surface area contributed by atoms with Crippen LogP contribution >= 0.6 is 27.3 Å². The third-order valence-electron chi connectivity index (χ3n) is 1.73. The fourth-order valence-corrected chi connectivity index (χ4v) is 1.86. The van der Waals surface area contributed by atoms with Crippen molar-refractivity contribution in [2.24, 2.45) is 0 Å². The molecule has 0 aliphatic heterocycles. The molecule has 0 spiro atoms. The number of rotatable bonds is 4. The molecule has 0 aromatic carbocycles. The predicted octanol–water partition coefficient (Wildman–Crippen LogP) is 2.11. The minimum Gasteiger partial charge on any atom is -0.349 e. The summed E-state index contributed by atoms with van der Waals surface area (Å²) in [5, 5.41) is 3.76. The smallest absolute Gasteiger partial charge is 0.233 e. The average molecular weight is 277 g/mol. The van der Waals surface area contributed by atoms with E-state index in [2.05, 4.69) is 33.2 Å². The minimum absolute atomic E-state index is 0.00162. The molecule has 1 N–H and O–H groups in total. The van der Waals surface area contributed by atoms with Gasteiger partial charge < -0.3 is 5.32 Å². The van der Waals surface area contributed by atoms with E-state index < -0.39 is 0 Å². The van der Waals surface area contributed by atoms with Crippen molar-refractivity contribution >= 4 is 33.2 Å². The first-order valence-electron chi connectivity index (χ1n) is 4.48. The van der Waals surface area contributed by atoms with E-state index in [-0.39, 0.29) is 10.7 Å². The molecule has 0 radical (unpaired) electrons. The summed E-state index contributed by atoms with van der Waals surface area (Å²) in [6, 6.07) is 0. The van der Waals surface area contributed by atoms with Crippen LogP contribution in [0, 0.1) is 0 Å². The third-order valence-corrected chi connectivity index (χ3v) is 3.28. The van der Waals surface area contributed by atoms with Gasteiger partial charge in [0.05, 0.1) is 11.4 Å². The Morgan fingerprint density at radius 2 is 2.50 bits per heavy atom. The molecular formula is C9H13BrN2OS. The van der Waals surface area contributed by atoms with Crippen LogP contribution in [-0.4, -0.2) is 15.7 Å². The number of hydrogen-bond donors (Lipinski definition) is 1. The van der Waals surface area contributed by atoms with Crippen molar-refractivity contribution in [2.75, 3.05) is 0 Å². The second-order valence-corrected chi connectivity index (χ2v) is 5.48. The summed E-state index contributed by atoms with van der Waals surface area (Å²) in [7, 11) is 0. The molecule has 5 heteroatoms. The zero-order chi connectivity index (χ0) is 10.6. The SMILES string of the molecule is CCc1cnc(CNC(=O)C(C)Br)s1. The van der Waals surface area contributed by atoms with Crippen LogP contribution in [0.15, 0.2) is 6.20 Å². The molecule has 1 aromatic heterocycles. The van der Waals surface area contributed by atoms with Crippen molar-refractivity contribution < 1.29 is 4.79 Å². The van der Waals surface area contributed by atoms with Gasteiger partial charge in [-0.15, -0.1) is 11.3 Å². The molecule has 0 fully saturated rings. The van der Waals surface area contributed by atoms with Crippen molar-refractivity contribution in [3.05, 3.63) is 16.1 Å². The second kappa shape index (κ2) is 5.46. The van der Waals surface area contributed by atoms with Gasteiger partial charge in [0, 0.05) is 11.1 Å². The van der Waals surface area contributed by atoms with Crippen LogP contribution in [-0.2, 0) is 17.8 Å². The molecular weight excluding hydrogens is 264 g/mol. The number of aryl methyl sites for hydroxylation is 1. The molecule has 1 rings (SSSR count). The van der Waals surface area contributed by atoms with Gasteiger partial charge in [-0.05, 0) is 13.3 Å². The van der Waals surface area contributed by atoms with Gasteiger partial charge in [0.25, 0.3) is 0 Å². The van der Waals surface area contributed by atoms with Gasteiger partial charge in [-0.2, -0.15) is 0 Å². The number of thiazole rings is 1. The number of aromatic nitrogens is 1. The van der Waals surface area contributed by atoms with Crippen LogP contribution in [0.2, 0.25) is 0 Å². The molecule has 3 nitrogen and oxygen atoms in total. The third kappa shape index (κ3) is 3.38. The van der Waals surface area contributed by atoms with Gasteiger partial charge >= 0.3 is 0 Å². The lowest BCUT2D eigenvalue weighted by Gasteiger charge is -2.03. The van der Waals surface area contributed by atoms with Gasteiger partial charge in [0.1, 0.15) is 5.01 Å². The summed E-state index contributed by atoms with van der Waals surface area (Å²) >= 11 is 4.85. The number of nitrogens with one attached hydrogen (secondary N) is 1. The number of carbonyl (C=O) groups is 1. The molecule has 1 amide bonds. The standard InChI is InChI=1S/C9H13BrN2OS/c1-3-7-4-11-8(14-7)5-12-9(13)6(2)10/h4,6H,3,5H2,1-2H3,(H,12,13). The van der Waals surface area contributed by atoms with Crippen LogP contribution in [0.25, 0.3) is 0 Å². The lowest BCUT2D eigenvalue weighted by Crippen LogP contribution is -2.28. The molecule has 78 valence electrons. The van der Waals surface area contributed by atoms with Crippen LogP contribution in [0.5, 0.6) is 0 Å². The molecule has 0 aliphatic carbocycles. The first-order chi connectivity index (χ1) is 6.63. The van der Waals surface area contributed by atoms with Gasteiger partial charge in [-0.3, -0.25) is 4.79 Å². The summed E-state index contributed by atoms with van der Waals surface area (Å²) in [4.78, 5) is 16.5. The number of halogens is 1. The quantitative estimate of drug-likeness (QED) is 0.856. The van der Waals surface area contributed by atoms with Crippen molar-refractivity contribution in [3.8, 4) is 0 Å². The summed E-state index contributed by atoms with van der Waals surface area (Å²) in [5.41, 5.74) is 0. The van der Waals surface area contributed by atoms with Crippen LogP contribution < -0.4 is 5.32 Å². The summed E-state index contributed by atoms with van der Waals surface area (Å²) < 4.78 is 0. The Balaban J connectivity index is 2.41. The molecule has 0 saturated heterocycles. The molecule has 14 heavy (non-hydrogen) atoms. The lowest BCUT2D eigenvalue weighted by atomic mass is 10.4. The zero-order valence-electron chi connectivity index (χ0n) is 8.21. The van der Waals surface area contributed by atoms with Crippen LogP contribution in [0.3, 0.4) is 0 Å². The molecule has 1 unspecified atom stereocenters. The van der Waals surface area contributed by atoms with Crippen molar-refractivity contribution in [3.63, 3.8) is 0 Å². The normalized spacial score (nSPS) is 12.5. The topological polar surface area (TPSA) is 42.0 Å². The van der Waals surface area contributed by atoms with Crippen molar-refractivity contribution in [1.29, 1.82) is 0 Å². The van der Waals surface area contributed by atoms with E-state index >= 15 is 0 Å². The lowest BCUT2D eigenvalue weighted by molar-refractivity contribution is -0.120. The maximum absolute atomic E-state index is 11.2. The molecule has 0 aliphatic rings. The van der Waals surface area contributed by atoms with E-state index in [0.29, 0.717) is 6.54 Å². The number of hydrogen-bond acceptors (Lipinski definition) is 3. The molecule has 1 heterocycles. The maximum Gasteiger partial charge on any atom is 0.233 e. The van der Waals surface area contributed by atoms with E-state index in [4.69, 9.17) is 0 Å². The van der Waals surface area contributed by atoms with Crippen molar-refractivity contribution in [1.82, 2.24) is 10.3 Å². The first-order valence-corrected chi connectivity index (χ1v) is 6.22. The van der Waals surface area contributed by atoms with E-state index in [1.165, 1.54) is 4.88 Å². The van der Waals surface area contributed by atoms with E-state index in [9.17, 15) is 4.79 Å². The van der Waals surface area contributed by atoms with Gasteiger partial charge in [0.2, 0.25) is 5.91 Å². The molecule has 0 saturated carbocycles. The van der Waals surface area contributed by atoms with Gasteiger partial charge in [-0.1, -0.05) is 22.9 Å². The van der Waals surface area contributed by atoms with Gasteiger partial charge in [-0.25, -0.2) is 4.98 Å². The Morgan fingerprint density at radius 1 is 1.79 bits per heavy atom. The summed E-state index contributed by atoms with van der Waals surface area (Å²) in [6.45, 7) is 4.42. The minimum atomic E-state index is -0.145. The molecule has 0 bridgehead atoms. The van der Waals surface area contributed by atoms with E-state index in [1.807, 2.05) is 6.20 Å². The highest BCUT2D eigenvalue weighted by Gasteiger charge is 2.08. The number of nitrogens with zero attached hydrogens (tertiary/aromatic N) is 1. The maximum atomic E-state index is 11.2. The largest absolute Gasteiger partial charge is 0.349 e. The highest BCUT2D eigenvalue weighted by molar-refractivity contribution is 9.10. The van der Waals surface area contributed by atoms with Crippen LogP contribution in [0.1, 0.15) is 23.7 Å². The first kappa shape index (κ1) is 11.7. The van der Waals surface area contributed by atoms with Crippen molar-refractivity contribution in [2.45, 2.75) is 31.6 Å². The zero-order valence-corrected chi connectivity index (χ0v) is 10.6. The fraction of sp³-hybridized carbons (Fsp3) is 0.556. The second-order valence-electron chi connectivity index (χ2n) is 2.91. The Hall–Kier alpha value is -0.420. The average Bonchev–Trinajstić information content (AvgIpc) is 2.61. The summed E-state index contributed by atoms with van der Waals surface area (Å²) in [6.07, 6.45) is 2.87. The number of alkyl halides is 1. The summed E-state index contributed by atoms with van der Waals surface area (Å²) in [5.74, 6) is -0.00162. The highest BCUT2D eigenvalue weighted by atomic mass is 79.9. The van der Waals surface area contributed by atoms with Crippen LogP contribution in [0.4, 0.5) is 0 Å². The highest BCUT2D eigenvalue weighted by Crippen LogP contribution is 2.12.